The lowest BCUT2D eigenvalue weighted by molar-refractivity contribution is -0.384. The standard InChI is InChI=1S/C13H20N2O3/c1-5-9(2)10(3)14-12-8-11(18-4)6-7-13(12)15(16)17/h6-10,14H,5H2,1-4H3. The molecule has 2 unspecified atom stereocenters. The normalized spacial score (nSPS) is 13.8. The molecule has 0 heterocycles. The van der Waals surface area contributed by atoms with E-state index in [2.05, 4.69) is 19.2 Å². The van der Waals surface area contributed by atoms with Gasteiger partial charge in [-0.25, -0.2) is 0 Å². The lowest BCUT2D eigenvalue weighted by Gasteiger charge is -2.21. The van der Waals surface area contributed by atoms with Crippen LogP contribution < -0.4 is 10.1 Å². The van der Waals surface area contributed by atoms with Gasteiger partial charge in [0.25, 0.3) is 5.69 Å². The third kappa shape index (κ3) is 3.35. The molecule has 2 atom stereocenters. The van der Waals surface area contributed by atoms with Crippen LogP contribution in [0.3, 0.4) is 0 Å². The van der Waals surface area contributed by atoms with Crippen molar-refractivity contribution >= 4 is 11.4 Å². The van der Waals surface area contributed by atoms with Crippen LogP contribution in [0.4, 0.5) is 11.4 Å². The van der Waals surface area contributed by atoms with Crippen LogP contribution in [0, 0.1) is 16.0 Å². The molecule has 0 saturated heterocycles. The lowest BCUT2D eigenvalue weighted by atomic mass is 10.0. The van der Waals surface area contributed by atoms with E-state index in [-0.39, 0.29) is 16.7 Å². The third-order valence-electron chi connectivity index (χ3n) is 3.28. The van der Waals surface area contributed by atoms with Crippen molar-refractivity contribution in [3.63, 3.8) is 0 Å². The van der Waals surface area contributed by atoms with E-state index in [0.717, 1.165) is 6.42 Å². The van der Waals surface area contributed by atoms with Gasteiger partial charge < -0.3 is 10.1 Å². The molecule has 0 bridgehead atoms. The van der Waals surface area contributed by atoms with Gasteiger partial charge in [-0.15, -0.1) is 0 Å². The largest absolute Gasteiger partial charge is 0.497 e. The number of benzene rings is 1. The first kappa shape index (κ1) is 14.3. The predicted molar refractivity (Wildman–Crippen MR) is 72.2 cm³/mol. The molecule has 0 fully saturated rings. The molecule has 0 radical (unpaired) electrons. The molecular weight excluding hydrogens is 232 g/mol. The van der Waals surface area contributed by atoms with Crippen molar-refractivity contribution in [2.45, 2.75) is 33.2 Å². The summed E-state index contributed by atoms with van der Waals surface area (Å²) in [6, 6.07) is 4.89. The molecule has 1 aromatic rings. The maximum Gasteiger partial charge on any atom is 0.292 e. The Morgan fingerprint density at radius 2 is 2.11 bits per heavy atom. The zero-order chi connectivity index (χ0) is 13.7. The van der Waals surface area contributed by atoms with E-state index in [9.17, 15) is 10.1 Å². The van der Waals surface area contributed by atoms with Crippen molar-refractivity contribution in [3.05, 3.63) is 28.3 Å². The molecule has 0 saturated carbocycles. The van der Waals surface area contributed by atoms with E-state index in [1.807, 2.05) is 6.92 Å². The second kappa shape index (κ2) is 6.23. The summed E-state index contributed by atoms with van der Waals surface area (Å²) < 4.78 is 5.10. The first-order valence-electron chi connectivity index (χ1n) is 6.08. The Hall–Kier alpha value is -1.78. The summed E-state index contributed by atoms with van der Waals surface area (Å²) in [5.74, 6) is 1.05. The zero-order valence-corrected chi connectivity index (χ0v) is 11.3. The SMILES string of the molecule is CCC(C)C(C)Nc1cc(OC)ccc1[N+](=O)[O-]. The fraction of sp³-hybridized carbons (Fsp3) is 0.538. The Morgan fingerprint density at radius 3 is 2.61 bits per heavy atom. The van der Waals surface area contributed by atoms with Crippen molar-refractivity contribution in [1.29, 1.82) is 0 Å². The van der Waals surface area contributed by atoms with Crippen molar-refractivity contribution in [2.75, 3.05) is 12.4 Å². The number of anilines is 1. The van der Waals surface area contributed by atoms with Gasteiger partial charge in [-0.1, -0.05) is 20.3 Å². The fourth-order valence-electron chi connectivity index (χ4n) is 1.66. The minimum atomic E-state index is -0.384. The van der Waals surface area contributed by atoms with Gasteiger partial charge in [0.2, 0.25) is 0 Å². The second-order valence-corrected chi connectivity index (χ2v) is 4.46. The number of methoxy groups -OCH3 is 1. The van der Waals surface area contributed by atoms with Gasteiger partial charge in [0, 0.05) is 18.2 Å². The first-order chi connectivity index (χ1) is 8.49. The van der Waals surface area contributed by atoms with Crippen LogP contribution in [-0.4, -0.2) is 18.1 Å². The van der Waals surface area contributed by atoms with Gasteiger partial charge in [-0.2, -0.15) is 0 Å². The Kier molecular flexibility index (Phi) is 4.95. The van der Waals surface area contributed by atoms with Crippen LogP contribution in [0.5, 0.6) is 5.75 Å². The molecule has 0 aromatic heterocycles. The summed E-state index contributed by atoms with van der Waals surface area (Å²) in [7, 11) is 1.54. The highest BCUT2D eigenvalue weighted by atomic mass is 16.6. The molecule has 5 heteroatoms. The van der Waals surface area contributed by atoms with Gasteiger partial charge in [0.15, 0.2) is 0 Å². The van der Waals surface area contributed by atoms with Gasteiger partial charge in [0.05, 0.1) is 12.0 Å². The lowest BCUT2D eigenvalue weighted by Crippen LogP contribution is -2.23. The highest BCUT2D eigenvalue weighted by molar-refractivity contribution is 5.64. The Labute approximate surface area is 107 Å². The number of rotatable bonds is 6. The maximum atomic E-state index is 11.0. The minimum Gasteiger partial charge on any atom is -0.497 e. The second-order valence-electron chi connectivity index (χ2n) is 4.46. The van der Waals surface area contributed by atoms with E-state index in [0.29, 0.717) is 17.4 Å². The van der Waals surface area contributed by atoms with Gasteiger partial charge in [0.1, 0.15) is 11.4 Å². The summed E-state index contributed by atoms with van der Waals surface area (Å²) in [6.45, 7) is 6.24. The van der Waals surface area contributed by atoms with E-state index >= 15 is 0 Å². The third-order valence-corrected chi connectivity index (χ3v) is 3.28. The molecule has 0 aliphatic heterocycles. The molecule has 1 aromatic carbocycles. The average Bonchev–Trinajstić information content (AvgIpc) is 2.37. The smallest absolute Gasteiger partial charge is 0.292 e. The number of nitro groups is 1. The summed E-state index contributed by atoms with van der Waals surface area (Å²) in [6.07, 6.45) is 1.02. The number of nitro benzene ring substituents is 1. The molecule has 0 spiro atoms. The molecule has 1 N–H and O–H groups in total. The van der Waals surface area contributed by atoms with Crippen molar-refractivity contribution < 1.29 is 9.66 Å². The van der Waals surface area contributed by atoms with Crippen LogP contribution in [0.15, 0.2) is 18.2 Å². The van der Waals surface area contributed by atoms with Crippen LogP contribution in [-0.2, 0) is 0 Å². The predicted octanol–water partition coefficient (Wildman–Crippen LogP) is 3.45. The van der Waals surface area contributed by atoms with Gasteiger partial charge >= 0.3 is 0 Å². The van der Waals surface area contributed by atoms with Crippen LogP contribution in [0.2, 0.25) is 0 Å². The minimum absolute atomic E-state index is 0.0750. The average molecular weight is 252 g/mol. The van der Waals surface area contributed by atoms with E-state index in [1.165, 1.54) is 6.07 Å². The Morgan fingerprint density at radius 1 is 1.44 bits per heavy atom. The molecule has 0 aliphatic carbocycles. The molecule has 18 heavy (non-hydrogen) atoms. The maximum absolute atomic E-state index is 11.0. The topological polar surface area (TPSA) is 64.4 Å². The number of nitrogens with zero attached hydrogens (tertiary/aromatic N) is 1. The molecule has 5 nitrogen and oxygen atoms in total. The Bertz CT molecular complexity index is 421. The van der Waals surface area contributed by atoms with Crippen LogP contribution in [0.1, 0.15) is 27.2 Å². The molecule has 100 valence electrons. The van der Waals surface area contributed by atoms with E-state index in [4.69, 9.17) is 4.74 Å². The molecular formula is C13H20N2O3. The first-order valence-corrected chi connectivity index (χ1v) is 6.08. The molecule has 1 rings (SSSR count). The summed E-state index contributed by atoms with van der Waals surface area (Å²) >= 11 is 0. The number of ether oxygens (including phenoxy) is 1. The fourth-order valence-corrected chi connectivity index (χ4v) is 1.66. The van der Waals surface area contributed by atoms with E-state index < -0.39 is 0 Å². The highest BCUT2D eigenvalue weighted by Crippen LogP contribution is 2.30. The number of nitrogens with one attached hydrogen (secondary N) is 1. The number of hydrogen-bond acceptors (Lipinski definition) is 4. The van der Waals surface area contributed by atoms with Gasteiger partial charge in [-0.05, 0) is 18.9 Å². The summed E-state index contributed by atoms with van der Waals surface area (Å²) in [5.41, 5.74) is 0.582. The summed E-state index contributed by atoms with van der Waals surface area (Å²) in [5, 5.41) is 14.2. The summed E-state index contributed by atoms with van der Waals surface area (Å²) in [4.78, 5) is 10.6. The van der Waals surface area contributed by atoms with E-state index in [1.54, 1.807) is 19.2 Å². The molecule has 0 aliphatic rings. The molecule has 0 amide bonds. The van der Waals surface area contributed by atoms with Crippen molar-refractivity contribution in [1.82, 2.24) is 0 Å². The number of hydrogen-bond donors (Lipinski definition) is 1. The van der Waals surface area contributed by atoms with Crippen molar-refractivity contribution in [3.8, 4) is 5.75 Å². The monoisotopic (exact) mass is 252 g/mol. The quantitative estimate of drug-likeness (QED) is 0.622. The van der Waals surface area contributed by atoms with Crippen LogP contribution in [0.25, 0.3) is 0 Å². The Balaban J connectivity index is 3.00. The van der Waals surface area contributed by atoms with Crippen LogP contribution >= 0.6 is 0 Å². The highest BCUT2D eigenvalue weighted by Gasteiger charge is 2.18. The van der Waals surface area contributed by atoms with Gasteiger partial charge in [-0.3, -0.25) is 10.1 Å². The van der Waals surface area contributed by atoms with Crippen molar-refractivity contribution in [2.24, 2.45) is 5.92 Å². The zero-order valence-electron chi connectivity index (χ0n) is 11.3.